The first-order valence-corrected chi connectivity index (χ1v) is 13.5. The fraction of sp³-hybridized carbons (Fsp3) is 0.893. The lowest BCUT2D eigenvalue weighted by Gasteiger charge is -2.52. The molecule has 12 atom stereocenters. The Morgan fingerprint density at radius 1 is 1.09 bits per heavy atom. The number of likely N-dealkylation sites (tertiary alicyclic amines) is 1. The van der Waals surface area contributed by atoms with Crippen LogP contribution in [0.25, 0.3) is 0 Å². The molecule has 186 valence electrons. The molecular weight excluding hydrogens is 414 g/mol. The first kappa shape index (κ1) is 24.0. The highest BCUT2D eigenvalue weighted by atomic mass is 16.3. The third kappa shape index (κ3) is 3.59. The summed E-state index contributed by atoms with van der Waals surface area (Å²) in [6.45, 7) is 9.77. The van der Waals surface area contributed by atoms with Crippen molar-refractivity contribution in [2.24, 2.45) is 46.8 Å². The van der Waals surface area contributed by atoms with E-state index in [-0.39, 0.29) is 59.0 Å². The van der Waals surface area contributed by atoms with E-state index >= 15 is 0 Å². The molecule has 0 aromatic carbocycles. The smallest absolute Gasteiger partial charge is 0.159 e. The zero-order valence-electron chi connectivity index (χ0n) is 21.2. The van der Waals surface area contributed by atoms with Gasteiger partial charge >= 0.3 is 0 Å². The Bertz CT molecular complexity index is 811. The van der Waals surface area contributed by atoms with E-state index in [9.17, 15) is 20.1 Å². The van der Waals surface area contributed by atoms with Crippen LogP contribution in [0.4, 0.5) is 0 Å². The van der Waals surface area contributed by atoms with Gasteiger partial charge in [-0.2, -0.15) is 0 Å². The number of nitrogens with zero attached hydrogens (tertiary/aromatic N) is 1. The zero-order chi connectivity index (χ0) is 23.9. The Labute approximate surface area is 199 Å². The van der Waals surface area contributed by atoms with Crippen LogP contribution in [0.15, 0.2) is 11.6 Å². The van der Waals surface area contributed by atoms with E-state index < -0.39 is 5.60 Å². The lowest BCUT2D eigenvalue weighted by molar-refractivity contribution is -0.135. The van der Waals surface area contributed by atoms with Crippen molar-refractivity contribution in [3.63, 3.8) is 0 Å². The number of allylic oxidation sites excluding steroid dienone is 2. The molecule has 0 radical (unpaired) electrons. The Kier molecular flexibility index (Phi) is 5.92. The number of likely N-dealkylation sites (N-methyl/N-ethyl adjacent to an activating group) is 1. The lowest BCUT2D eigenvalue weighted by Crippen LogP contribution is -2.58. The van der Waals surface area contributed by atoms with E-state index in [1.165, 1.54) is 5.57 Å². The number of hydrogen-bond donors (Lipinski definition) is 3. The quantitative estimate of drug-likeness (QED) is 0.590. The maximum Gasteiger partial charge on any atom is 0.159 e. The van der Waals surface area contributed by atoms with Gasteiger partial charge in [-0.05, 0) is 106 Å². The average Bonchev–Trinajstić information content (AvgIpc) is 3.09. The fourth-order valence-corrected chi connectivity index (χ4v) is 9.60. The van der Waals surface area contributed by atoms with Crippen molar-refractivity contribution in [1.29, 1.82) is 0 Å². The van der Waals surface area contributed by atoms with E-state index in [4.69, 9.17) is 0 Å². The number of aliphatic hydroxyl groups is 3. The third-order valence-electron chi connectivity index (χ3n) is 11.2. The second-order valence-electron chi connectivity index (χ2n) is 13.1. The normalized spacial score (nSPS) is 53.6. The van der Waals surface area contributed by atoms with Gasteiger partial charge in [-0.1, -0.05) is 26.3 Å². The second-order valence-corrected chi connectivity index (χ2v) is 13.1. The minimum absolute atomic E-state index is 0.0807. The SMILES string of the molecule is C[C@@H]1C[C@@H](O)[C@@H]([C@H](C)[C@H]2CC[C@H]3C4=CC(=O)[C@H]5C[C@@H](O)CC[C@]5(C)[C@H]4CC3[C@]2(C)O)N(C)C1. The number of piperidine rings is 1. The van der Waals surface area contributed by atoms with Crippen LogP contribution in [0.1, 0.15) is 72.6 Å². The number of carbonyl (C=O) groups is 1. The van der Waals surface area contributed by atoms with E-state index in [2.05, 4.69) is 32.7 Å². The van der Waals surface area contributed by atoms with Crippen LogP contribution >= 0.6 is 0 Å². The predicted molar refractivity (Wildman–Crippen MR) is 128 cm³/mol. The van der Waals surface area contributed by atoms with Gasteiger partial charge in [0.05, 0.1) is 17.8 Å². The maximum atomic E-state index is 13.2. The zero-order valence-corrected chi connectivity index (χ0v) is 21.2. The topological polar surface area (TPSA) is 81.0 Å². The molecule has 0 aromatic heterocycles. The van der Waals surface area contributed by atoms with Crippen LogP contribution in [0, 0.1) is 46.8 Å². The van der Waals surface area contributed by atoms with Crippen molar-refractivity contribution < 1.29 is 20.1 Å². The molecule has 0 aromatic rings. The van der Waals surface area contributed by atoms with Crippen molar-refractivity contribution in [2.45, 2.75) is 96.5 Å². The molecule has 1 aliphatic heterocycles. The van der Waals surface area contributed by atoms with Gasteiger partial charge in [0.15, 0.2) is 5.78 Å². The first-order valence-electron chi connectivity index (χ1n) is 13.5. The molecule has 1 unspecified atom stereocenters. The van der Waals surface area contributed by atoms with Crippen LogP contribution in [-0.2, 0) is 4.79 Å². The van der Waals surface area contributed by atoms with Crippen LogP contribution in [0.3, 0.4) is 0 Å². The molecule has 1 heterocycles. The van der Waals surface area contributed by atoms with E-state index in [1.54, 1.807) is 0 Å². The Morgan fingerprint density at radius 2 is 1.82 bits per heavy atom. The minimum atomic E-state index is -0.812. The molecule has 4 aliphatic carbocycles. The molecule has 5 heteroatoms. The van der Waals surface area contributed by atoms with Gasteiger partial charge in [0, 0.05) is 18.5 Å². The van der Waals surface area contributed by atoms with Crippen molar-refractivity contribution in [1.82, 2.24) is 4.90 Å². The van der Waals surface area contributed by atoms with Crippen molar-refractivity contribution in [3.05, 3.63) is 11.6 Å². The third-order valence-corrected chi connectivity index (χ3v) is 11.2. The standard InChI is InChI=1S/C28H45NO4/c1-15-10-25(32)26(29(5)14-15)16(2)20-7-6-18-19-12-24(31)23-11-17(30)8-9-27(23,3)21(19)13-22(18)28(20,4)33/h12,15-18,20-23,25-26,30,32-33H,6-11,13-14H2,1-5H3/t15-,16-,17+,18+,20-,21+,22?,23-,25-,26-,27-,28-/m1/s1. The van der Waals surface area contributed by atoms with E-state index in [1.807, 2.05) is 13.0 Å². The van der Waals surface area contributed by atoms with Crippen LogP contribution in [-0.4, -0.2) is 63.4 Å². The fourth-order valence-electron chi connectivity index (χ4n) is 9.60. The molecule has 33 heavy (non-hydrogen) atoms. The predicted octanol–water partition coefficient (Wildman–Crippen LogP) is 3.41. The maximum absolute atomic E-state index is 13.2. The summed E-state index contributed by atoms with van der Waals surface area (Å²) in [4.78, 5) is 15.5. The molecule has 0 bridgehead atoms. The van der Waals surface area contributed by atoms with E-state index in [0.717, 1.165) is 45.1 Å². The highest BCUT2D eigenvalue weighted by molar-refractivity contribution is 5.94. The molecule has 3 saturated carbocycles. The molecule has 4 fully saturated rings. The van der Waals surface area contributed by atoms with Gasteiger partial charge < -0.3 is 20.2 Å². The number of hydrogen-bond acceptors (Lipinski definition) is 5. The Hall–Kier alpha value is -0.750. The lowest BCUT2D eigenvalue weighted by atomic mass is 9.55. The summed E-state index contributed by atoms with van der Waals surface area (Å²) < 4.78 is 0. The summed E-state index contributed by atoms with van der Waals surface area (Å²) in [6, 6.07) is 0.0837. The summed E-state index contributed by atoms with van der Waals surface area (Å²) in [6.07, 6.45) is 7.24. The number of rotatable bonds is 2. The van der Waals surface area contributed by atoms with E-state index in [0.29, 0.717) is 18.3 Å². The van der Waals surface area contributed by atoms with Gasteiger partial charge in [-0.25, -0.2) is 0 Å². The summed E-state index contributed by atoms with van der Waals surface area (Å²) in [7, 11) is 2.12. The van der Waals surface area contributed by atoms with Crippen LogP contribution in [0.5, 0.6) is 0 Å². The number of aliphatic hydroxyl groups excluding tert-OH is 2. The molecule has 3 N–H and O–H groups in total. The monoisotopic (exact) mass is 459 g/mol. The number of carbonyl (C=O) groups excluding carboxylic acids is 1. The Balaban J connectivity index is 1.41. The Morgan fingerprint density at radius 3 is 2.52 bits per heavy atom. The highest BCUT2D eigenvalue weighted by Gasteiger charge is 2.62. The number of fused-ring (bicyclic) bond motifs is 5. The molecule has 1 saturated heterocycles. The van der Waals surface area contributed by atoms with Crippen molar-refractivity contribution in [3.8, 4) is 0 Å². The van der Waals surface area contributed by atoms with Gasteiger partial charge in [-0.15, -0.1) is 0 Å². The van der Waals surface area contributed by atoms with Gasteiger partial charge in [-0.3, -0.25) is 4.79 Å². The van der Waals surface area contributed by atoms with Crippen LogP contribution < -0.4 is 0 Å². The molecule has 0 spiro atoms. The summed E-state index contributed by atoms with van der Waals surface area (Å²) in [5, 5.41) is 33.3. The number of ketones is 1. The first-order chi connectivity index (χ1) is 15.4. The van der Waals surface area contributed by atoms with Crippen molar-refractivity contribution >= 4 is 5.78 Å². The molecule has 5 aliphatic rings. The largest absolute Gasteiger partial charge is 0.393 e. The van der Waals surface area contributed by atoms with Gasteiger partial charge in [0.1, 0.15) is 0 Å². The summed E-state index contributed by atoms with van der Waals surface area (Å²) >= 11 is 0. The molecular formula is C28H45NO4. The van der Waals surface area contributed by atoms with Gasteiger partial charge in [0.25, 0.3) is 0 Å². The average molecular weight is 460 g/mol. The second kappa shape index (κ2) is 8.15. The highest BCUT2D eigenvalue weighted by Crippen LogP contribution is 2.64. The summed E-state index contributed by atoms with van der Waals surface area (Å²) in [5.74, 6) is 1.76. The summed E-state index contributed by atoms with van der Waals surface area (Å²) in [5.41, 5.74) is 0.396. The van der Waals surface area contributed by atoms with Gasteiger partial charge in [0.2, 0.25) is 0 Å². The van der Waals surface area contributed by atoms with Crippen molar-refractivity contribution in [2.75, 3.05) is 13.6 Å². The molecule has 0 amide bonds. The minimum Gasteiger partial charge on any atom is -0.393 e. The molecule has 5 rings (SSSR count). The van der Waals surface area contributed by atoms with Crippen LogP contribution in [0.2, 0.25) is 0 Å². The molecule has 5 nitrogen and oxygen atoms in total.